The van der Waals surface area contributed by atoms with Crippen molar-refractivity contribution in [2.75, 3.05) is 17.2 Å². The van der Waals surface area contributed by atoms with E-state index in [2.05, 4.69) is 5.32 Å². The normalized spacial score (nSPS) is 16.4. The molecule has 1 aromatic carbocycles. The van der Waals surface area contributed by atoms with Crippen molar-refractivity contribution in [2.45, 2.75) is 25.8 Å². The van der Waals surface area contributed by atoms with Gasteiger partial charge in [0.1, 0.15) is 0 Å². The number of nitrogen functional groups attached to an aromatic ring is 1. The van der Waals surface area contributed by atoms with Crippen molar-refractivity contribution in [3.8, 4) is 0 Å². The maximum Gasteiger partial charge on any atom is 0.220 e. The zero-order chi connectivity index (χ0) is 12.8. The molecule has 1 saturated heterocycles. The van der Waals surface area contributed by atoms with Gasteiger partial charge in [-0.15, -0.1) is 0 Å². The third-order valence-corrected chi connectivity index (χ3v) is 4.39. The monoisotopic (exact) mass is 264 g/mol. The summed E-state index contributed by atoms with van der Waals surface area (Å²) in [6.07, 6.45) is 3.00. The van der Waals surface area contributed by atoms with Gasteiger partial charge < -0.3 is 11.1 Å². The zero-order valence-corrected chi connectivity index (χ0v) is 11.3. The SMILES string of the molecule is Nc1ccccc1CNC(=O)CC1CCSCC1. The number of nitrogens with two attached hydrogens (primary N) is 1. The average Bonchev–Trinajstić information content (AvgIpc) is 2.39. The topological polar surface area (TPSA) is 55.1 Å². The summed E-state index contributed by atoms with van der Waals surface area (Å²) < 4.78 is 0. The quantitative estimate of drug-likeness (QED) is 0.821. The van der Waals surface area contributed by atoms with Crippen LogP contribution in [0.15, 0.2) is 24.3 Å². The van der Waals surface area contributed by atoms with E-state index in [9.17, 15) is 4.79 Å². The smallest absolute Gasteiger partial charge is 0.220 e. The van der Waals surface area contributed by atoms with Crippen LogP contribution in [0.4, 0.5) is 5.69 Å². The molecule has 3 nitrogen and oxygen atoms in total. The number of benzene rings is 1. The summed E-state index contributed by atoms with van der Waals surface area (Å²) >= 11 is 1.99. The van der Waals surface area contributed by atoms with Gasteiger partial charge in [0.2, 0.25) is 5.91 Å². The van der Waals surface area contributed by atoms with Crippen molar-refractivity contribution in [3.63, 3.8) is 0 Å². The fourth-order valence-electron chi connectivity index (χ4n) is 2.17. The molecule has 0 saturated carbocycles. The lowest BCUT2D eigenvalue weighted by atomic mass is 9.98. The highest BCUT2D eigenvalue weighted by Gasteiger charge is 2.17. The molecule has 0 bridgehead atoms. The lowest BCUT2D eigenvalue weighted by molar-refractivity contribution is -0.122. The van der Waals surface area contributed by atoms with Crippen LogP contribution in [0.1, 0.15) is 24.8 Å². The molecule has 0 radical (unpaired) electrons. The van der Waals surface area contributed by atoms with Crippen molar-refractivity contribution in [3.05, 3.63) is 29.8 Å². The number of thioether (sulfide) groups is 1. The van der Waals surface area contributed by atoms with Gasteiger partial charge in [-0.2, -0.15) is 11.8 Å². The minimum Gasteiger partial charge on any atom is -0.398 e. The number of amides is 1. The van der Waals surface area contributed by atoms with Crippen LogP contribution in [0.25, 0.3) is 0 Å². The highest BCUT2D eigenvalue weighted by atomic mass is 32.2. The fourth-order valence-corrected chi connectivity index (χ4v) is 3.38. The summed E-state index contributed by atoms with van der Waals surface area (Å²) in [7, 11) is 0. The van der Waals surface area contributed by atoms with Gasteiger partial charge in [0.25, 0.3) is 0 Å². The molecule has 1 heterocycles. The Balaban J connectivity index is 1.76. The minimum absolute atomic E-state index is 0.148. The van der Waals surface area contributed by atoms with E-state index < -0.39 is 0 Å². The van der Waals surface area contributed by atoms with Gasteiger partial charge in [-0.25, -0.2) is 0 Å². The van der Waals surface area contributed by atoms with Crippen LogP contribution in [-0.2, 0) is 11.3 Å². The maximum absolute atomic E-state index is 11.8. The molecule has 0 atom stereocenters. The van der Waals surface area contributed by atoms with Crippen molar-refractivity contribution in [1.29, 1.82) is 0 Å². The summed E-state index contributed by atoms with van der Waals surface area (Å²) in [4.78, 5) is 11.8. The Labute approximate surface area is 113 Å². The lowest BCUT2D eigenvalue weighted by Gasteiger charge is -2.20. The number of hydrogen-bond donors (Lipinski definition) is 2. The molecule has 0 aromatic heterocycles. The van der Waals surface area contributed by atoms with Crippen LogP contribution >= 0.6 is 11.8 Å². The molecule has 1 aromatic rings. The highest BCUT2D eigenvalue weighted by molar-refractivity contribution is 7.99. The molecule has 1 aliphatic rings. The molecular formula is C14H20N2OS. The largest absolute Gasteiger partial charge is 0.398 e. The van der Waals surface area contributed by atoms with Crippen molar-refractivity contribution in [1.82, 2.24) is 5.32 Å². The Hall–Kier alpha value is -1.16. The van der Waals surface area contributed by atoms with Gasteiger partial charge in [0.15, 0.2) is 0 Å². The first-order valence-electron chi connectivity index (χ1n) is 6.43. The number of hydrogen-bond acceptors (Lipinski definition) is 3. The first kappa shape index (κ1) is 13.3. The second kappa shape index (κ2) is 6.69. The predicted octanol–water partition coefficient (Wildman–Crippen LogP) is 2.42. The molecule has 1 aliphatic heterocycles. The van der Waals surface area contributed by atoms with Crippen LogP contribution in [0.5, 0.6) is 0 Å². The van der Waals surface area contributed by atoms with E-state index in [4.69, 9.17) is 5.73 Å². The number of anilines is 1. The third kappa shape index (κ3) is 3.95. The zero-order valence-electron chi connectivity index (χ0n) is 10.5. The molecule has 18 heavy (non-hydrogen) atoms. The summed E-state index contributed by atoms with van der Waals surface area (Å²) in [5.41, 5.74) is 7.57. The standard InChI is InChI=1S/C14H20N2OS/c15-13-4-2-1-3-12(13)10-16-14(17)9-11-5-7-18-8-6-11/h1-4,11H,5-10,15H2,(H,16,17). The molecule has 1 amide bonds. The summed E-state index contributed by atoms with van der Waals surface area (Å²) in [5.74, 6) is 3.11. The average molecular weight is 264 g/mol. The van der Waals surface area contributed by atoms with Crippen LogP contribution < -0.4 is 11.1 Å². The number of carbonyl (C=O) groups excluding carboxylic acids is 1. The van der Waals surface area contributed by atoms with Gasteiger partial charge in [0, 0.05) is 18.7 Å². The summed E-state index contributed by atoms with van der Waals surface area (Å²) in [6, 6.07) is 7.66. The molecule has 0 unspecified atom stereocenters. The van der Waals surface area contributed by atoms with Gasteiger partial charge in [0.05, 0.1) is 0 Å². The van der Waals surface area contributed by atoms with Crippen molar-refractivity contribution < 1.29 is 4.79 Å². The maximum atomic E-state index is 11.8. The van der Waals surface area contributed by atoms with Crippen LogP contribution in [0, 0.1) is 5.92 Å². The van der Waals surface area contributed by atoms with E-state index in [0.717, 1.165) is 11.3 Å². The Morgan fingerprint density at radius 1 is 1.33 bits per heavy atom. The Kier molecular flexibility index (Phi) is 4.93. The molecule has 0 spiro atoms. The highest BCUT2D eigenvalue weighted by Crippen LogP contribution is 2.25. The fraction of sp³-hybridized carbons (Fsp3) is 0.500. The first-order valence-corrected chi connectivity index (χ1v) is 7.59. The van der Waals surface area contributed by atoms with Crippen molar-refractivity contribution >= 4 is 23.4 Å². The van der Waals surface area contributed by atoms with E-state index >= 15 is 0 Å². The minimum atomic E-state index is 0.148. The first-order chi connectivity index (χ1) is 8.75. The number of nitrogens with one attached hydrogen (secondary N) is 1. The summed E-state index contributed by atoms with van der Waals surface area (Å²) in [5, 5.41) is 2.96. The van der Waals surface area contributed by atoms with Gasteiger partial charge in [-0.05, 0) is 41.9 Å². The van der Waals surface area contributed by atoms with Gasteiger partial charge >= 0.3 is 0 Å². The molecular weight excluding hydrogens is 244 g/mol. The van der Waals surface area contributed by atoms with E-state index in [0.29, 0.717) is 18.9 Å². The molecule has 4 heteroatoms. The molecule has 3 N–H and O–H groups in total. The van der Waals surface area contributed by atoms with E-state index in [-0.39, 0.29) is 5.91 Å². The van der Waals surface area contributed by atoms with Crippen LogP contribution in [-0.4, -0.2) is 17.4 Å². The Morgan fingerprint density at radius 3 is 2.78 bits per heavy atom. The van der Waals surface area contributed by atoms with Crippen molar-refractivity contribution in [2.24, 2.45) is 5.92 Å². The van der Waals surface area contributed by atoms with E-state index in [1.54, 1.807) is 0 Å². The molecule has 98 valence electrons. The van der Waals surface area contributed by atoms with Crippen LogP contribution in [0.3, 0.4) is 0 Å². The van der Waals surface area contributed by atoms with E-state index in [1.165, 1.54) is 24.3 Å². The molecule has 0 aliphatic carbocycles. The molecule has 1 fully saturated rings. The third-order valence-electron chi connectivity index (χ3n) is 3.35. The van der Waals surface area contributed by atoms with Crippen LogP contribution in [0.2, 0.25) is 0 Å². The van der Waals surface area contributed by atoms with E-state index in [1.807, 2.05) is 36.0 Å². The van der Waals surface area contributed by atoms with Gasteiger partial charge in [-0.3, -0.25) is 4.79 Å². The second-order valence-electron chi connectivity index (χ2n) is 4.74. The Morgan fingerprint density at radius 2 is 2.06 bits per heavy atom. The van der Waals surface area contributed by atoms with Gasteiger partial charge in [-0.1, -0.05) is 18.2 Å². The predicted molar refractivity (Wildman–Crippen MR) is 77.4 cm³/mol. The Bertz CT molecular complexity index is 403. The molecule has 2 rings (SSSR count). The second-order valence-corrected chi connectivity index (χ2v) is 5.96. The summed E-state index contributed by atoms with van der Waals surface area (Å²) in [6.45, 7) is 0.535. The number of rotatable bonds is 4. The number of para-hydroxylation sites is 1. The number of carbonyl (C=O) groups is 1. The lowest BCUT2D eigenvalue weighted by Crippen LogP contribution is -2.26.